The second-order valence-corrected chi connectivity index (χ2v) is 2.84. The second kappa shape index (κ2) is 8.11. The van der Waals surface area contributed by atoms with E-state index in [0.717, 1.165) is 0 Å². The van der Waals surface area contributed by atoms with E-state index in [0.29, 0.717) is 12.0 Å². The summed E-state index contributed by atoms with van der Waals surface area (Å²) in [5, 5.41) is 24.3. The summed E-state index contributed by atoms with van der Waals surface area (Å²) in [6, 6.07) is 8.72. The van der Waals surface area contributed by atoms with Crippen LogP contribution in [-0.4, -0.2) is 34.0 Å². The van der Waals surface area contributed by atoms with Gasteiger partial charge in [-0.15, -0.1) is 0 Å². The number of aliphatic hydroxyl groups excluding tert-OH is 2. The SMILES string of the molecule is CCC(O)O.O=C(CO)c1ccccc1. The number of rotatable bonds is 3. The molecule has 0 spiro atoms. The largest absolute Gasteiger partial charge is 0.388 e. The summed E-state index contributed by atoms with van der Waals surface area (Å²) in [4.78, 5) is 10.8. The summed E-state index contributed by atoms with van der Waals surface area (Å²) in [6.45, 7) is 1.29. The fourth-order valence-electron chi connectivity index (χ4n) is 0.715. The molecule has 0 heterocycles. The number of hydrogen-bond donors (Lipinski definition) is 3. The number of aliphatic hydroxyl groups is 3. The lowest BCUT2D eigenvalue weighted by Crippen LogP contribution is -2.02. The summed E-state index contributed by atoms with van der Waals surface area (Å²) in [7, 11) is 0. The first kappa shape index (κ1) is 13.8. The molecular weight excluding hydrogens is 196 g/mol. The van der Waals surface area contributed by atoms with Crippen molar-refractivity contribution in [2.45, 2.75) is 19.6 Å². The summed E-state index contributed by atoms with van der Waals surface area (Å²) in [5.41, 5.74) is 0.560. The molecule has 0 aliphatic heterocycles. The zero-order valence-corrected chi connectivity index (χ0v) is 8.63. The first-order valence-electron chi connectivity index (χ1n) is 4.67. The number of hydrogen-bond acceptors (Lipinski definition) is 4. The standard InChI is InChI=1S/C8H8O2.C3H8O2/c9-6-8(10)7-4-2-1-3-5-7;1-2-3(4)5/h1-5,9H,6H2;3-5H,2H2,1H3. The Kier molecular flexibility index (Phi) is 7.44. The van der Waals surface area contributed by atoms with E-state index >= 15 is 0 Å². The summed E-state index contributed by atoms with van der Waals surface area (Å²) < 4.78 is 0. The van der Waals surface area contributed by atoms with Crippen LogP contribution < -0.4 is 0 Å². The summed E-state index contributed by atoms with van der Waals surface area (Å²) in [6.07, 6.45) is -0.699. The summed E-state index contributed by atoms with van der Waals surface area (Å²) in [5.74, 6) is -0.236. The van der Waals surface area contributed by atoms with Gasteiger partial charge in [-0.25, -0.2) is 0 Å². The van der Waals surface area contributed by atoms with E-state index in [1.165, 1.54) is 0 Å². The average molecular weight is 212 g/mol. The number of carbonyl (C=O) groups is 1. The Balaban J connectivity index is 0.000000336. The van der Waals surface area contributed by atoms with Crippen LogP contribution in [0.5, 0.6) is 0 Å². The average Bonchev–Trinajstić information content (AvgIpc) is 2.30. The molecule has 0 atom stereocenters. The van der Waals surface area contributed by atoms with Gasteiger partial charge in [-0.2, -0.15) is 0 Å². The molecule has 1 aromatic carbocycles. The molecular formula is C11H16O4. The van der Waals surface area contributed by atoms with E-state index < -0.39 is 12.9 Å². The van der Waals surface area contributed by atoms with Crippen molar-refractivity contribution in [2.75, 3.05) is 6.61 Å². The molecule has 3 N–H and O–H groups in total. The summed E-state index contributed by atoms with van der Waals surface area (Å²) >= 11 is 0. The maximum absolute atomic E-state index is 10.8. The number of ketones is 1. The van der Waals surface area contributed by atoms with Crippen LogP contribution in [0.15, 0.2) is 30.3 Å². The fourth-order valence-corrected chi connectivity index (χ4v) is 0.715. The third-order valence-electron chi connectivity index (χ3n) is 1.60. The highest BCUT2D eigenvalue weighted by atomic mass is 16.5. The lowest BCUT2D eigenvalue weighted by Gasteiger charge is -1.93. The van der Waals surface area contributed by atoms with Gasteiger partial charge in [-0.3, -0.25) is 4.79 Å². The zero-order valence-electron chi connectivity index (χ0n) is 8.63. The molecule has 1 aromatic rings. The second-order valence-electron chi connectivity index (χ2n) is 2.84. The monoisotopic (exact) mass is 212 g/mol. The van der Waals surface area contributed by atoms with Gasteiger partial charge >= 0.3 is 0 Å². The molecule has 0 fully saturated rings. The van der Waals surface area contributed by atoms with Gasteiger partial charge in [0.25, 0.3) is 0 Å². The Morgan fingerprint density at radius 2 is 1.73 bits per heavy atom. The van der Waals surface area contributed by atoms with Crippen molar-refractivity contribution in [3.05, 3.63) is 35.9 Å². The maximum atomic E-state index is 10.8. The van der Waals surface area contributed by atoms with Crippen molar-refractivity contribution >= 4 is 5.78 Å². The third-order valence-corrected chi connectivity index (χ3v) is 1.60. The Hall–Kier alpha value is -1.23. The van der Waals surface area contributed by atoms with Gasteiger partial charge in [0.05, 0.1) is 0 Å². The molecule has 0 unspecified atom stereocenters. The van der Waals surface area contributed by atoms with Crippen LogP contribution >= 0.6 is 0 Å². The lowest BCUT2D eigenvalue weighted by atomic mass is 10.1. The number of Topliss-reactive ketones (excluding diaryl/α,β-unsaturated/α-hetero) is 1. The van der Waals surface area contributed by atoms with Crippen LogP contribution in [0.4, 0.5) is 0 Å². The van der Waals surface area contributed by atoms with Crippen LogP contribution in [0.1, 0.15) is 23.7 Å². The van der Waals surface area contributed by atoms with Gasteiger partial charge in [0.2, 0.25) is 0 Å². The van der Waals surface area contributed by atoms with E-state index in [1.54, 1.807) is 31.2 Å². The molecule has 4 heteroatoms. The minimum atomic E-state index is -1.12. The molecule has 4 nitrogen and oxygen atoms in total. The minimum absolute atomic E-state index is 0.236. The van der Waals surface area contributed by atoms with E-state index in [1.807, 2.05) is 6.07 Å². The van der Waals surface area contributed by atoms with E-state index in [2.05, 4.69) is 0 Å². The van der Waals surface area contributed by atoms with E-state index in [9.17, 15) is 4.79 Å². The minimum Gasteiger partial charge on any atom is -0.388 e. The molecule has 0 aliphatic carbocycles. The third kappa shape index (κ3) is 6.79. The first-order valence-corrected chi connectivity index (χ1v) is 4.67. The number of carbonyl (C=O) groups excluding carboxylic acids is 1. The molecule has 0 aromatic heterocycles. The van der Waals surface area contributed by atoms with Crippen molar-refractivity contribution in [1.29, 1.82) is 0 Å². The quantitative estimate of drug-likeness (QED) is 0.505. The highest BCUT2D eigenvalue weighted by Crippen LogP contribution is 1.97. The topological polar surface area (TPSA) is 77.8 Å². The molecule has 1 rings (SSSR count). The van der Waals surface area contributed by atoms with Crippen molar-refractivity contribution < 1.29 is 20.1 Å². The highest BCUT2D eigenvalue weighted by Gasteiger charge is 1.99. The van der Waals surface area contributed by atoms with Crippen LogP contribution in [0.2, 0.25) is 0 Å². The Labute approximate surface area is 88.8 Å². The molecule has 0 saturated carbocycles. The van der Waals surface area contributed by atoms with Crippen LogP contribution in [0.3, 0.4) is 0 Å². The van der Waals surface area contributed by atoms with E-state index in [-0.39, 0.29) is 5.78 Å². The van der Waals surface area contributed by atoms with Gasteiger partial charge in [0.15, 0.2) is 12.1 Å². The molecule has 0 bridgehead atoms. The molecule has 84 valence electrons. The normalized spacial score (nSPS) is 9.40. The predicted molar refractivity (Wildman–Crippen MR) is 56.4 cm³/mol. The molecule has 0 amide bonds. The van der Waals surface area contributed by atoms with Crippen LogP contribution in [0, 0.1) is 0 Å². The highest BCUT2D eigenvalue weighted by molar-refractivity contribution is 5.96. The Morgan fingerprint density at radius 1 is 1.27 bits per heavy atom. The van der Waals surface area contributed by atoms with Crippen molar-refractivity contribution in [2.24, 2.45) is 0 Å². The van der Waals surface area contributed by atoms with Gasteiger partial charge in [0.1, 0.15) is 6.61 Å². The van der Waals surface area contributed by atoms with Crippen molar-refractivity contribution in [3.63, 3.8) is 0 Å². The van der Waals surface area contributed by atoms with Crippen LogP contribution in [-0.2, 0) is 0 Å². The van der Waals surface area contributed by atoms with Gasteiger partial charge < -0.3 is 15.3 Å². The Morgan fingerprint density at radius 3 is 2.07 bits per heavy atom. The van der Waals surface area contributed by atoms with Gasteiger partial charge in [-0.1, -0.05) is 37.3 Å². The fraction of sp³-hybridized carbons (Fsp3) is 0.364. The Bertz CT molecular complexity index is 269. The maximum Gasteiger partial charge on any atom is 0.188 e. The molecule has 0 saturated heterocycles. The number of benzene rings is 1. The zero-order chi connectivity index (χ0) is 11.7. The molecule has 15 heavy (non-hydrogen) atoms. The molecule has 0 aliphatic rings. The first-order chi connectivity index (χ1) is 7.11. The van der Waals surface area contributed by atoms with Crippen molar-refractivity contribution in [3.8, 4) is 0 Å². The van der Waals surface area contributed by atoms with Gasteiger partial charge in [-0.05, 0) is 6.42 Å². The van der Waals surface area contributed by atoms with Gasteiger partial charge in [0, 0.05) is 5.56 Å². The van der Waals surface area contributed by atoms with E-state index in [4.69, 9.17) is 15.3 Å². The predicted octanol–water partition coefficient (Wildman–Crippen LogP) is 0.569. The lowest BCUT2D eigenvalue weighted by molar-refractivity contribution is -0.0413. The molecule has 0 radical (unpaired) electrons. The van der Waals surface area contributed by atoms with Crippen LogP contribution in [0.25, 0.3) is 0 Å². The van der Waals surface area contributed by atoms with Crippen molar-refractivity contribution in [1.82, 2.24) is 0 Å². The smallest absolute Gasteiger partial charge is 0.188 e.